The molecule has 1 aromatic heterocycles. The van der Waals surface area contributed by atoms with Gasteiger partial charge in [-0.3, -0.25) is 9.59 Å². The van der Waals surface area contributed by atoms with Gasteiger partial charge in [-0.2, -0.15) is 0 Å². The molecule has 0 spiro atoms. The number of nitrogens with zero attached hydrogens (tertiary/aromatic N) is 1. The number of aryl methyl sites for hydroxylation is 1. The standard InChI is InChI=1S/C14H21N3O2/c1-2-17-9-10(7-8-13(17)18)16-14(19)11-5-3-4-6-12(11)15/h7-9,11-12H,2-6,15H2,1H3,(H,16,19). The third kappa shape index (κ3) is 3.23. The Labute approximate surface area is 112 Å². The molecule has 1 fully saturated rings. The lowest BCUT2D eigenvalue weighted by atomic mass is 9.84. The molecule has 1 aromatic rings. The molecule has 0 aliphatic heterocycles. The van der Waals surface area contributed by atoms with E-state index in [9.17, 15) is 9.59 Å². The van der Waals surface area contributed by atoms with Gasteiger partial charge in [-0.25, -0.2) is 0 Å². The lowest BCUT2D eigenvalue weighted by molar-refractivity contribution is -0.121. The van der Waals surface area contributed by atoms with E-state index >= 15 is 0 Å². The first kappa shape index (κ1) is 13.8. The fraction of sp³-hybridized carbons (Fsp3) is 0.571. The number of anilines is 1. The average Bonchev–Trinajstić information content (AvgIpc) is 2.41. The molecule has 104 valence electrons. The van der Waals surface area contributed by atoms with Crippen molar-refractivity contribution < 1.29 is 4.79 Å². The van der Waals surface area contributed by atoms with Gasteiger partial charge < -0.3 is 15.6 Å². The SMILES string of the molecule is CCn1cc(NC(=O)C2CCCCC2N)ccc1=O. The predicted molar refractivity (Wildman–Crippen MR) is 74.9 cm³/mol. The third-order valence-electron chi connectivity index (χ3n) is 3.75. The second kappa shape index (κ2) is 6.02. The van der Waals surface area contributed by atoms with Crippen molar-refractivity contribution in [2.75, 3.05) is 5.32 Å². The summed E-state index contributed by atoms with van der Waals surface area (Å²) in [5, 5.41) is 2.87. The van der Waals surface area contributed by atoms with E-state index in [0.717, 1.165) is 25.7 Å². The maximum atomic E-state index is 12.2. The van der Waals surface area contributed by atoms with E-state index in [1.54, 1.807) is 16.8 Å². The summed E-state index contributed by atoms with van der Waals surface area (Å²) in [6.07, 6.45) is 5.59. The quantitative estimate of drug-likeness (QED) is 0.863. The van der Waals surface area contributed by atoms with Crippen molar-refractivity contribution in [3.05, 3.63) is 28.7 Å². The van der Waals surface area contributed by atoms with Gasteiger partial charge in [-0.05, 0) is 25.8 Å². The van der Waals surface area contributed by atoms with Crippen LogP contribution in [0.2, 0.25) is 0 Å². The molecule has 1 heterocycles. The fourth-order valence-corrected chi connectivity index (χ4v) is 2.57. The first-order chi connectivity index (χ1) is 9.11. The van der Waals surface area contributed by atoms with Gasteiger partial charge in [-0.15, -0.1) is 0 Å². The zero-order valence-corrected chi connectivity index (χ0v) is 11.3. The average molecular weight is 263 g/mol. The van der Waals surface area contributed by atoms with E-state index in [0.29, 0.717) is 12.2 Å². The highest BCUT2D eigenvalue weighted by molar-refractivity contribution is 5.92. The van der Waals surface area contributed by atoms with Crippen LogP contribution < -0.4 is 16.6 Å². The van der Waals surface area contributed by atoms with E-state index in [1.165, 1.54) is 6.07 Å². The van der Waals surface area contributed by atoms with Crippen molar-refractivity contribution in [2.45, 2.75) is 45.2 Å². The van der Waals surface area contributed by atoms with Gasteiger partial charge in [-0.1, -0.05) is 12.8 Å². The molecule has 3 N–H and O–H groups in total. The number of hydrogen-bond donors (Lipinski definition) is 2. The molecule has 2 atom stereocenters. The van der Waals surface area contributed by atoms with Crippen molar-refractivity contribution in [3.8, 4) is 0 Å². The van der Waals surface area contributed by atoms with E-state index in [2.05, 4.69) is 5.32 Å². The van der Waals surface area contributed by atoms with Crippen LogP contribution in [-0.4, -0.2) is 16.5 Å². The zero-order chi connectivity index (χ0) is 13.8. The predicted octanol–water partition coefficient (Wildman–Crippen LogP) is 1.32. The summed E-state index contributed by atoms with van der Waals surface area (Å²) in [4.78, 5) is 23.7. The molecule has 5 heteroatoms. The van der Waals surface area contributed by atoms with Crippen molar-refractivity contribution in [1.29, 1.82) is 0 Å². The van der Waals surface area contributed by atoms with Crippen LogP contribution in [-0.2, 0) is 11.3 Å². The molecule has 1 saturated carbocycles. The van der Waals surface area contributed by atoms with Crippen LogP contribution >= 0.6 is 0 Å². The normalized spacial score (nSPS) is 23.1. The minimum atomic E-state index is -0.115. The molecule has 1 aliphatic carbocycles. The second-order valence-electron chi connectivity index (χ2n) is 5.09. The van der Waals surface area contributed by atoms with Crippen molar-refractivity contribution in [3.63, 3.8) is 0 Å². The molecule has 2 rings (SSSR count). The van der Waals surface area contributed by atoms with E-state index in [4.69, 9.17) is 5.73 Å². The van der Waals surface area contributed by atoms with Crippen LogP contribution in [0.15, 0.2) is 23.1 Å². The van der Waals surface area contributed by atoms with Gasteiger partial charge in [0.15, 0.2) is 0 Å². The summed E-state index contributed by atoms with van der Waals surface area (Å²) in [6.45, 7) is 2.48. The maximum Gasteiger partial charge on any atom is 0.250 e. The summed E-state index contributed by atoms with van der Waals surface area (Å²) in [7, 11) is 0. The Hall–Kier alpha value is -1.62. The summed E-state index contributed by atoms with van der Waals surface area (Å²) in [6, 6.07) is 3.06. The number of nitrogens with one attached hydrogen (secondary N) is 1. The number of rotatable bonds is 3. The van der Waals surface area contributed by atoms with Crippen molar-refractivity contribution in [2.24, 2.45) is 11.7 Å². The molecule has 2 unspecified atom stereocenters. The largest absolute Gasteiger partial charge is 0.327 e. The highest BCUT2D eigenvalue weighted by Crippen LogP contribution is 2.24. The Morgan fingerprint density at radius 1 is 1.42 bits per heavy atom. The van der Waals surface area contributed by atoms with Gasteiger partial charge in [0.1, 0.15) is 0 Å². The van der Waals surface area contributed by atoms with Gasteiger partial charge in [0.25, 0.3) is 5.56 Å². The van der Waals surface area contributed by atoms with Crippen LogP contribution in [0.1, 0.15) is 32.6 Å². The summed E-state index contributed by atoms with van der Waals surface area (Å²) >= 11 is 0. The zero-order valence-electron chi connectivity index (χ0n) is 11.3. The number of amides is 1. The Bertz CT molecular complexity index is 510. The molecular weight excluding hydrogens is 242 g/mol. The van der Waals surface area contributed by atoms with Crippen molar-refractivity contribution >= 4 is 11.6 Å². The highest BCUT2D eigenvalue weighted by atomic mass is 16.2. The Morgan fingerprint density at radius 3 is 2.84 bits per heavy atom. The monoisotopic (exact) mass is 263 g/mol. The number of aromatic nitrogens is 1. The second-order valence-corrected chi connectivity index (χ2v) is 5.09. The van der Waals surface area contributed by atoms with Gasteiger partial charge in [0.05, 0.1) is 11.6 Å². The Balaban J connectivity index is 2.08. The third-order valence-corrected chi connectivity index (χ3v) is 3.75. The molecule has 19 heavy (non-hydrogen) atoms. The van der Waals surface area contributed by atoms with Crippen LogP contribution in [0.25, 0.3) is 0 Å². The van der Waals surface area contributed by atoms with Crippen molar-refractivity contribution in [1.82, 2.24) is 4.57 Å². The molecule has 0 aromatic carbocycles. The van der Waals surface area contributed by atoms with Gasteiger partial charge >= 0.3 is 0 Å². The molecule has 0 radical (unpaired) electrons. The van der Waals surface area contributed by atoms with Crippen LogP contribution in [0.5, 0.6) is 0 Å². The number of pyridine rings is 1. The minimum absolute atomic E-state index is 0.0338. The Morgan fingerprint density at radius 2 is 2.16 bits per heavy atom. The highest BCUT2D eigenvalue weighted by Gasteiger charge is 2.28. The fourth-order valence-electron chi connectivity index (χ4n) is 2.57. The van der Waals surface area contributed by atoms with Gasteiger partial charge in [0, 0.05) is 24.8 Å². The molecule has 1 aliphatic rings. The number of carbonyl (C=O) groups is 1. The lowest BCUT2D eigenvalue weighted by Crippen LogP contribution is -2.40. The van der Waals surface area contributed by atoms with Crippen LogP contribution in [0.4, 0.5) is 5.69 Å². The topological polar surface area (TPSA) is 77.1 Å². The number of hydrogen-bond acceptors (Lipinski definition) is 3. The van der Waals surface area contributed by atoms with E-state index in [-0.39, 0.29) is 23.4 Å². The smallest absolute Gasteiger partial charge is 0.250 e. The minimum Gasteiger partial charge on any atom is -0.327 e. The van der Waals surface area contributed by atoms with E-state index in [1.807, 2.05) is 6.92 Å². The first-order valence-corrected chi connectivity index (χ1v) is 6.88. The number of nitrogens with two attached hydrogens (primary N) is 1. The summed E-state index contributed by atoms with van der Waals surface area (Å²) in [5.74, 6) is -0.149. The first-order valence-electron chi connectivity index (χ1n) is 6.88. The summed E-state index contributed by atoms with van der Waals surface area (Å²) in [5.41, 5.74) is 6.59. The van der Waals surface area contributed by atoms with Gasteiger partial charge in [0.2, 0.25) is 5.91 Å². The lowest BCUT2D eigenvalue weighted by Gasteiger charge is -2.27. The molecule has 0 saturated heterocycles. The summed E-state index contributed by atoms with van der Waals surface area (Å²) < 4.78 is 1.57. The molecule has 1 amide bonds. The molecule has 5 nitrogen and oxygen atoms in total. The van der Waals surface area contributed by atoms with E-state index < -0.39 is 0 Å². The van der Waals surface area contributed by atoms with Crippen LogP contribution in [0.3, 0.4) is 0 Å². The molecule has 0 bridgehead atoms. The maximum absolute atomic E-state index is 12.2. The number of carbonyl (C=O) groups excluding carboxylic acids is 1. The molecular formula is C14H21N3O2. The van der Waals surface area contributed by atoms with Crippen LogP contribution in [0, 0.1) is 5.92 Å². The Kier molecular flexibility index (Phi) is 4.37.